The van der Waals surface area contributed by atoms with Gasteiger partial charge in [-0.05, 0) is 31.4 Å². The molecule has 1 aromatic carbocycles. The van der Waals surface area contributed by atoms with E-state index in [1.165, 1.54) is 10.7 Å². The van der Waals surface area contributed by atoms with Gasteiger partial charge in [-0.15, -0.1) is 0 Å². The van der Waals surface area contributed by atoms with Gasteiger partial charge in [0.05, 0.1) is 5.69 Å². The molecule has 1 aliphatic rings. The van der Waals surface area contributed by atoms with Crippen LogP contribution in [-0.4, -0.2) is 21.7 Å². The number of nitrogens with one attached hydrogen (secondary N) is 1. The van der Waals surface area contributed by atoms with Crippen molar-refractivity contribution in [2.75, 3.05) is 0 Å². The summed E-state index contributed by atoms with van der Waals surface area (Å²) < 4.78 is 1.24. The van der Waals surface area contributed by atoms with Gasteiger partial charge >= 0.3 is 0 Å². The highest BCUT2D eigenvalue weighted by molar-refractivity contribution is 5.76. The third kappa shape index (κ3) is 3.67. The third-order valence-electron chi connectivity index (χ3n) is 4.30. The van der Waals surface area contributed by atoms with Gasteiger partial charge in [0.2, 0.25) is 5.91 Å². The Labute approximate surface area is 135 Å². The first kappa shape index (κ1) is 15.5. The Balaban J connectivity index is 1.79. The molecule has 0 bridgehead atoms. The van der Waals surface area contributed by atoms with Crippen LogP contribution < -0.4 is 10.9 Å². The molecule has 1 aliphatic carbocycles. The van der Waals surface area contributed by atoms with Crippen LogP contribution in [0.25, 0.3) is 11.3 Å². The zero-order valence-electron chi connectivity index (χ0n) is 13.3. The number of carbonyl (C=O) groups excluding carboxylic acids is 1. The first-order valence-electron chi connectivity index (χ1n) is 8.07. The molecular weight excluding hydrogens is 290 g/mol. The first-order valence-corrected chi connectivity index (χ1v) is 8.07. The van der Waals surface area contributed by atoms with E-state index in [-0.39, 0.29) is 24.1 Å². The molecule has 0 atom stereocenters. The molecule has 5 heteroatoms. The largest absolute Gasteiger partial charge is 0.352 e. The minimum absolute atomic E-state index is 0.0327. The Morgan fingerprint density at radius 3 is 2.70 bits per heavy atom. The molecule has 3 rings (SSSR count). The van der Waals surface area contributed by atoms with Gasteiger partial charge in [0.25, 0.3) is 5.56 Å². The van der Waals surface area contributed by atoms with Crippen LogP contribution in [0.3, 0.4) is 0 Å². The van der Waals surface area contributed by atoms with Crippen LogP contribution in [0.4, 0.5) is 0 Å². The monoisotopic (exact) mass is 311 g/mol. The van der Waals surface area contributed by atoms with Crippen LogP contribution in [-0.2, 0) is 11.3 Å². The summed E-state index contributed by atoms with van der Waals surface area (Å²) in [6.45, 7) is 1.97. The lowest BCUT2D eigenvalue weighted by molar-refractivity contribution is -0.122. The predicted octanol–water partition coefficient (Wildman–Crippen LogP) is 2.28. The molecule has 2 aromatic rings. The molecule has 1 N–H and O–H groups in total. The lowest BCUT2D eigenvalue weighted by Gasteiger charge is -2.13. The molecule has 5 nitrogen and oxygen atoms in total. The molecular formula is C18H21N3O2. The van der Waals surface area contributed by atoms with Crippen molar-refractivity contribution < 1.29 is 4.79 Å². The van der Waals surface area contributed by atoms with Gasteiger partial charge in [0.1, 0.15) is 6.54 Å². The molecule has 1 heterocycles. The summed E-state index contributed by atoms with van der Waals surface area (Å²) in [6.07, 6.45) is 4.37. The molecule has 0 aliphatic heterocycles. The van der Waals surface area contributed by atoms with Crippen LogP contribution in [0.5, 0.6) is 0 Å². The molecule has 0 radical (unpaired) electrons. The summed E-state index contributed by atoms with van der Waals surface area (Å²) >= 11 is 0. The van der Waals surface area contributed by atoms with Gasteiger partial charge in [-0.3, -0.25) is 9.59 Å². The fourth-order valence-corrected chi connectivity index (χ4v) is 3.05. The van der Waals surface area contributed by atoms with E-state index in [2.05, 4.69) is 10.4 Å². The average Bonchev–Trinajstić information content (AvgIpc) is 3.03. The smallest absolute Gasteiger partial charge is 0.267 e. The van der Waals surface area contributed by atoms with Crippen molar-refractivity contribution in [2.45, 2.75) is 45.2 Å². The van der Waals surface area contributed by atoms with Crippen LogP contribution >= 0.6 is 0 Å². The van der Waals surface area contributed by atoms with Crippen molar-refractivity contribution in [1.29, 1.82) is 0 Å². The molecule has 0 spiro atoms. The zero-order chi connectivity index (χ0) is 16.2. The average molecular weight is 311 g/mol. The molecule has 1 aromatic heterocycles. The number of hydrogen-bond acceptors (Lipinski definition) is 3. The van der Waals surface area contributed by atoms with Crippen molar-refractivity contribution in [3.05, 3.63) is 52.3 Å². The highest BCUT2D eigenvalue weighted by atomic mass is 16.2. The Morgan fingerprint density at radius 2 is 1.96 bits per heavy atom. The highest BCUT2D eigenvalue weighted by Crippen LogP contribution is 2.19. The molecule has 23 heavy (non-hydrogen) atoms. The highest BCUT2D eigenvalue weighted by Gasteiger charge is 2.17. The van der Waals surface area contributed by atoms with E-state index in [1.54, 1.807) is 6.07 Å². The lowest BCUT2D eigenvalue weighted by Crippen LogP contribution is -2.38. The summed E-state index contributed by atoms with van der Waals surface area (Å²) in [5.41, 5.74) is 2.50. The van der Waals surface area contributed by atoms with Crippen molar-refractivity contribution in [2.24, 2.45) is 0 Å². The number of hydrogen-bond donors (Lipinski definition) is 1. The Hall–Kier alpha value is -2.43. The molecule has 0 saturated heterocycles. The van der Waals surface area contributed by atoms with Crippen molar-refractivity contribution in [1.82, 2.24) is 15.1 Å². The van der Waals surface area contributed by atoms with Crippen LogP contribution in [0, 0.1) is 6.92 Å². The van der Waals surface area contributed by atoms with Crippen LogP contribution in [0.2, 0.25) is 0 Å². The zero-order valence-corrected chi connectivity index (χ0v) is 13.3. The standard InChI is InChI=1S/C18H21N3O2/c1-13-6-2-5-9-15(13)16-10-11-18(23)21(20-16)12-17(22)19-14-7-3-4-8-14/h2,5-6,9-11,14H,3-4,7-8,12H2,1H3,(H,19,22). The number of benzene rings is 1. The maximum atomic E-state index is 12.1. The number of aromatic nitrogens is 2. The maximum Gasteiger partial charge on any atom is 0.267 e. The van der Waals surface area contributed by atoms with E-state index in [0.717, 1.165) is 36.8 Å². The van der Waals surface area contributed by atoms with Crippen molar-refractivity contribution in [3.63, 3.8) is 0 Å². The predicted molar refractivity (Wildman–Crippen MR) is 89.1 cm³/mol. The van der Waals surface area contributed by atoms with Gasteiger partial charge in [-0.1, -0.05) is 37.1 Å². The van der Waals surface area contributed by atoms with Crippen LogP contribution in [0.15, 0.2) is 41.2 Å². The second-order valence-electron chi connectivity index (χ2n) is 6.08. The first-order chi connectivity index (χ1) is 11.1. The normalized spacial score (nSPS) is 14.8. The lowest BCUT2D eigenvalue weighted by atomic mass is 10.1. The summed E-state index contributed by atoms with van der Waals surface area (Å²) in [5, 5.41) is 7.35. The maximum absolute atomic E-state index is 12.1. The van der Waals surface area contributed by atoms with Gasteiger partial charge < -0.3 is 5.32 Å². The Morgan fingerprint density at radius 1 is 1.22 bits per heavy atom. The summed E-state index contributed by atoms with van der Waals surface area (Å²) in [7, 11) is 0. The van der Waals surface area contributed by atoms with E-state index in [9.17, 15) is 9.59 Å². The third-order valence-corrected chi connectivity index (χ3v) is 4.30. The molecule has 1 fully saturated rings. The Bertz CT molecular complexity index is 761. The van der Waals surface area contributed by atoms with E-state index < -0.39 is 0 Å². The second-order valence-corrected chi connectivity index (χ2v) is 6.08. The Kier molecular flexibility index (Phi) is 4.55. The summed E-state index contributed by atoms with van der Waals surface area (Å²) in [6, 6.07) is 11.3. The molecule has 120 valence electrons. The summed E-state index contributed by atoms with van der Waals surface area (Å²) in [4.78, 5) is 24.1. The van der Waals surface area contributed by atoms with Gasteiger partial charge in [0, 0.05) is 17.7 Å². The van der Waals surface area contributed by atoms with Crippen LogP contribution in [0.1, 0.15) is 31.2 Å². The van der Waals surface area contributed by atoms with Crippen molar-refractivity contribution in [3.8, 4) is 11.3 Å². The minimum atomic E-state index is -0.260. The fourth-order valence-electron chi connectivity index (χ4n) is 3.05. The topological polar surface area (TPSA) is 64.0 Å². The van der Waals surface area contributed by atoms with Gasteiger partial charge in [0.15, 0.2) is 0 Å². The minimum Gasteiger partial charge on any atom is -0.352 e. The van der Waals surface area contributed by atoms with E-state index in [1.807, 2.05) is 31.2 Å². The molecule has 1 amide bonds. The SMILES string of the molecule is Cc1ccccc1-c1ccc(=O)n(CC(=O)NC2CCCC2)n1. The fraction of sp³-hybridized carbons (Fsp3) is 0.389. The van der Waals surface area contributed by atoms with Crippen molar-refractivity contribution >= 4 is 5.91 Å². The van der Waals surface area contributed by atoms with E-state index in [4.69, 9.17) is 0 Å². The number of rotatable bonds is 4. The summed E-state index contributed by atoms with van der Waals surface area (Å²) in [5.74, 6) is -0.145. The number of amides is 1. The van der Waals surface area contributed by atoms with E-state index in [0.29, 0.717) is 5.69 Å². The number of carbonyl (C=O) groups is 1. The quantitative estimate of drug-likeness (QED) is 0.942. The van der Waals surface area contributed by atoms with E-state index >= 15 is 0 Å². The second kappa shape index (κ2) is 6.77. The van der Waals surface area contributed by atoms with Gasteiger partial charge in [-0.2, -0.15) is 5.10 Å². The number of nitrogens with zero attached hydrogens (tertiary/aromatic N) is 2. The number of aryl methyl sites for hydroxylation is 1. The van der Waals surface area contributed by atoms with Gasteiger partial charge in [-0.25, -0.2) is 4.68 Å². The molecule has 1 saturated carbocycles. The molecule has 0 unspecified atom stereocenters.